The van der Waals surface area contributed by atoms with Crippen LogP contribution in [0.25, 0.3) is 0 Å². The smallest absolute Gasteiger partial charge is 0.145 e. The standard InChI is InChI=1S/C15H20BrF2N/c1-3-19-15(10-5-4-9(2)8-10)13-12(17)7-6-11(16)14(13)18/h6-7,9-10,15,19H,3-5,8H2,1-2H3. The zero-order valence-corrected chi connectivity index (χ0v) is 12.9. The van der Waals surface area contributed by atoms with Gasteiger partial charge in [-0.05, 0) is 59.3 Å². The molecule has 0 heterocycles. The molecule has 1 nitrogen and oxygen atoms in total. The number of nitrogens with one attached hydrogen (secondary N) is 1. The SMILES string of the molecule is CCNC(c1c(F)ccc(Br)c1F)C1CCC(C)C1. The molecule has 0 spiro atoms. The summed E-state index contributed by atoms with van der Waals surface area (Å²) >= 11 is 3.15. The van der Waals surface area contributed by atoms with Crippen LogP contribution in [0.3, 0.4) is 0 Å². The number of hydrogen-bond acceptors (Lipinski definition) is 1. The molecule has 1 aliphatic rings. The zero-order chi connectivity index (χ0) is 14.0. The van der Waals surface area contributed by atoms with E-state index in [0.717, 1.165) is 19.3 Å². The molecular formula is C15H20BrF2N. The minimum Gasteiger partial charge on any atom is -0.310 e. The Morgan fingerprint density at radius 3 is 2.68 bits per heavy atom. The van der Waals surface area contributed by atoms with Crippen molar-refractivity contribution in [3.8, 4) is 0 Å². The molecule has 1 fully saturated rings. The topological polar surface area (TPSA) is 12.0 Å². The lowest BCUT2D eigenvalue weighted by atomic mass is 9.90. The fourth-order valence-electron chi connectivity index (χ4n) is 3.11. The summed E-state index contributed by atoms with van der Waals surface area (Å²) in [5, 5.41) is 3.27. The molecule has 1 aromatic rings. The lowest BCUT2D eigenvalue weighted by Gasteiger charge is -2.26. The summed E-state index contributed by atoms with van der Waals surface area (Å²) in [6.45, 7) is 4.89. The molecule has 19 heavy (non-hydrogen) atoms. The Labute approximate surface area is 121 Å². The second-order valence-electron chi connectivity index (χ2n) is 5.47. The average Bonchev–Trinajstić information content (AvgIpc) is 2.80. The molecule has 1 aromatic carbocycles. The lowest BCUT2D eigenvalue weighted by Crippen LogP contribution is -2.29. The van der Waals surface area contributed by atoms with Crippen LogP contribution in [0.15, 0.2) is 16.6 Å². The van der Waals surface area contributed by atoms with Crippen LogP contribution < -0.4 is 5.32 Å². The molecule has 0 amide bonds. The molecule has 0 aliphatic heterocycles. The summed E-state index contributed by atoms with van der Waals surface area (Å²) in [5.41, 5.74) is 0.190. The van der Waals surface area contributed by atoms with Gasteiger partial charge in [-0.25, -0.2) is 8.78 Å². The average molecular weight is 332 g/mol. The third-order valence-electron chi connectivity index (χ3n) is 4.02. The maximum Gasteiger partial charge on any atom is 0.145 e. The summed E-state index contributed by atoms with van der Waals surface area (Å²) in [5.74, 6) is 0.0365. The van der Waals surface area contributed by atoms with Crippen molar-refractivity contribution in [2.24, 2.45) is 11.8 Å². The van der Waals surface area contributed by atoms with Gasteiger partial charge in [-0.2, -0.15) is 0 Å². The predicted molar refractivity (Wildman–Crippen MR) is 77.0 cm³/mol. The lowest BCUT2D eigenvalue weighted by molar-refractivity contribution is 0.342. The van der Waals surface area contributed by atoms with Gasteiger partial charge in [0.25, 0.3) is 0 Å². The number of rotatable bonds is 4. The van der Waals surface area contributed by atoms with Gasteiger partial charge in [-0.15, -0.1) is 0 Å². The third kappa shape index (κ3) is 3.16. The molecule has 0 bridgehead atoms. The van der Waals surface area contributed by atoms with Crippen LogP contribution >= 0.6 is 15.9 Å². The minimum atomic E-state index is -0.467. The first kappa shape index (κ1) is 14.9. The van der Waals surface area contributed by atoms with Crippen LogP contribution in [0.2, 0.25) is 0 Å². The Bertz CT molecular complexity index is 450. The maximum atomic E-state index is 14.3. The molecule has 3 unspecified atom stereocenters. The van der Waals surface area contributed by atoms with Gasteiger partial charge in [-0.1, -0.05) is 20.3 Å². The van der Waals surface area contributed by atoms with Crippen molar-refractivity contribution in [2.75, 3.05) is 6.54 Å². The highest BCUT2D eigenvalue weighted by Crippen LogP contribution is 2.41. The van der Waals surface area contributed by atoms with Gasteiger partial charge in [0.15, 0.2) is 0 Å². The second kappa shape index (κ2) is 6.31. The van der Waals surface area contributed by atoms with E-state index in [2.05, 4.69) is 28.2 Å². The number of benzene rings is 1. The van der Waals surface area contributed by atoms with Crippen LogP contribution in [0.5, 0.6) is 0 Å². The van der Waals surface area contributed by atoms with E-state index in [1.54, 1.807) is 0 Å². The molecule has 2 rings (SSSR count). The molecule has 106 valence electrons. The van der Waals surface area contributed by atoms with E-state index in [9.17, 15) is 8.78 Å². The molecule has 0 radical (unpaired) electrons. The van der Waals surface area contributed by atoms with E-state index in [0.29, 0.717) is 22.9 Å². The van der Waals surface area contributed by atoms with E-state index in [4.69, 9.17) is 0 Å². The van der Waals surface area contributed by atoms with Crippen molar-refractivity contribution in [1.82, 2.24) is 5.32 Å². The minimum absolute atomic E-state index is 0.190. The highest BCUT2D eigenvalue weighted by atomic mass is 79.9. The maximum absolute atomic E-state index is 14.3. The molecule has 1 saturated carbocycles. The van der Waals surface area contributed by atoms with Crippen molar-refractivity contribution in [2.45, 2.75) is 39.2 Å². The first-order chi connectivity index (χ1) is 9.04. The third-order valence-corrected chi connectivity index (χ3v) is 4.63. The van der Waals surface area contributed by atoms with Crippen molar-refractivity contribution in [1.29, 1.82) is 0 Å². The van der Waals surface area contributed by atoms with Gasteiger partial charge in [0, 0.05) is 11.6 Å². The first-order valence-electron chi connectivity index (χ1n) is 6.91. The normalized spacial score (nSPS) is 24.7. The summed E-state index contributed by atoms with van der Waals surface area (Å²) in [4.78, 5) is 0. The Hall–Kier alpha value is -0.480. The number of hydrogen-bond donors (Lipinski definition) is 1. The first-order valence-corrected chi connectivity index (χ1v) is 7.70. The molecule has 0 saturated heterocycles. The van der Waals surface area contributed by atoms with Crippen molar-refractivity contribution in [3.63, 3.8) is 0 Å². The highest BCUT2D eigenvalue weighted by Gasteiger charge is 2.33. The van der Waals surface area contributed by atoms with Crippen LogP contribution in [0, 0.1) is 23.5 Å². The van der Waals surface area contributed by atoms with E-state index < -0.39 is 11.6 Å². The van der Waals surface area contributed by atoms with Gasteiger partial charge in [-0.3, -0.25) is 0 Å². The Morgan fingerprint density at radius 2 is 2.11 bits per heavy atom. The van der Waals surface area contributed by atoms with Crippen molar-refractivity contribution < 1.29 is 8.78 Å². The molecular weight excluding hydrogens is 312 g/mol. The van der Waals surface area contributed by atoms with Gasteiger partial charge in [0.1, 0.15) is 11.6 Å². The van der Waals surface area contributed by atoms with Crippen LogP contribution in [0.1, 0.15) is 44.7 Å². The van der Waals surface area contributed by atoms with E-state index in [1.807, 2.05) is 6.92 Å². The summed E-state index contributed by atoms with van der Waals surface area (Å²) in [7, 11) is 0. The summed E-state index contributed by atoms with van der Waals surface area (Å²) in [6.07, 6.45) is 3.21. The van der Waals surface area contributed by atoms with Crippen LogP contribution in [-0.4, -0.2) is 6.54 Å². The van der Waals surface area contributed by atoms with Crippen molar-refractivity contribution >= 4 is 15.9 Å². The van der Waals surface area contributed by atoms with E-state index in [-0.39, 0.29) is 11.6 Å². The Kier molecular flexibility index (Phi) is 4.96. The molecule has 1 N–H and O–H groups in total. The van der Waals surface area contributed by atoms with E-state index in [1.165, 1.54) is 12.1 Å². The Morgan fingerprint density at radius 1 is 1.37 bits per heavy atom. The number of halogens is 3. The van der Waals surface area contributed by atoms with Gasteiger partial charge in [0.2, 0.25) is 0 Å². The fraction of sp³-hybridized carbons (Fsp3) is 0.600. The second-order valence-corrected chi connectivity index (χ2v) is 6.32. The monoisotopic (exact) mass is 331 g/mol. The largest absolute Gasteiger partial charge is 0.310 e. The quantitative estimate of drug-likeness (QED) is 0.780. The Balaban J connectivity index is 2.36. The van der Waals surface area contributed by atoms with E-state index >= 15 is 0 Å². The molecule has 0 aromatic heterocycles. The summed E-state index contributed by atoms with van der Waals surface area (Å²) in [6, 6.07) is 2.53. The van der Waals surface area contributed by atoms with Gasteiger partial charge in [0.05, 0.1) is 4.47 Å². The predicted octanol–water partition coefficient (Wildman–Crippen LogP) is 4.81. The van der Waals surface area contributed by atoms with Crippen molar-refractivity contribution in [3.05, 3.63) is 33.8 Å². The van der Waals surface area contributed by atoms with Gasteiger partial charge >= 0.3 is 0 Å². The van der Waals surface area contributed by atoms with Crippen LogP contribution in [-0.2, 0) is 0 Å². The van der Waals surface area contributed by atoms with Crippen LogP contribution in [0.4, 0.5) is 8.78 Å². The van der Waals surface area contributed by atoms with Gasteiger partial charge < -0.3 is 5.32 Å². The highest BCUT2D eigenvalue weighted by molar-refractivity contribution is 9.10. The molecule has 1 aliphatic carbocycles. The molecule has 3 atom stereocenters. The fourth-order valence-corrected chi connectivity index (χ4v) is 3.45. The molecule has 4 heteroatoms. The summed E-state index contributed by atoms with van der Waals surface area (Å²) < 4.78 is 28.6. The zero-order valence-electron chi connectivity index (χ0n) is 11.3.